The van der Waals surface area contributed by atoms with Crippen LogP contribution in [0.5, 0.6) is 0 Å². The Morgan fingerprint density at radius 1 is 1.24 bits per heavy atom. The first-order chi connectivity index (χ1) is 8.11. The highest BCUT2D eigenvalue weighted by atomic mass is 15.1. The predicted molar refractivity (Wildman–Crippen MR) is 75.0 cm³/mol. The third kappa shape index (κ3) is 5.85. The van der Waals surface area contributed by atoms with Crippen molar-refractivity contribution in [2.24, 2.45) is 5.92 Å². The van der Waals surface area contributed by atoms with Crippen LogP contribution in [-0.4, -0.2) is 25.0 Å². The highest BCUT2D eigenvalue weighted by Gasteiger charge is 2.03. The second kappa shape index (κ2) is 7.46. The molecule has 0 bridgehead atoms. The molecule has 1 rings (SSSR count). The molecule has 0 radical (unpaired) electrons. The van der Waals surface area contributed by atoms with Gasteiger partial charge in [-0.1, -0.05) is 45.0 Å². The maximum absolute atomic E-state index is 3.36. The summed E-state index contributed by atoms with van der Waals surface area (Å²) in [7, 11) is 2.19. The quantitative estimate of drug-likeness (QED) is 0.780. The number of hydrogen-bond donors (Lipinski definition) is 1. The smallest absolute Gasteiger partial charge is 0.0230 e. The summed E-state index contributed by atoms with van der Waals surface area (Å²) >= 11 is 0. The summed E-state index contributed by atoms with van der Waals surface area (Å²) in [5, 5.41) is 3.36. The van der Waals surface area contributed by atoms with Gasteiger partial charge in [-0.2, -0.15) is 0 Å². The second-order valence-corrected chi connectivity index (χ2v) is 5.19. The number of benzene rings is 1. The summed E-state index contributed by atoms with van der Waals surface area (Å²) in [6, 6.07) is 8.87. The van der Waals surface area contributed by atoms with Gasteiger partial charge in [0, 0.05) is 19.6 Å². The van der Waals surface area contributed by atoms with Gasteiger partial charge in [-0.05, 0) is 30.6 Å². The van der Waals surface area contributed by atoms with E-state index < -0.39 is 0 Å². The van der Waals surface area contributed by atoms with Crippen LogP contribution in [-0.2, 0) is 13.1 Å². The van der Waals surface area contributed by atoms with Crippen LogP contribution >= 0.6 is 0 Å². The van der Waals surface area contributed by atoms with Crippen molar-refractivity contribution < 1.29 is 0 Å². The van der Waals surface area contributed by atoms with Crippen molar-refractivity contribution in [2.45, 2.75) is 33.9 Å². The number of hydrogen-bond acceptors (Lipinski definition) is 2. The highest BCUT2D eigenvalue weighted by Crippen LogP contribution is 2.08. The second-order valence-electron chi connectivity index (χ2n) is 5.19. The zero-order chi connectivity index (χ0) is 12.7. The molecule has 17 heavy (non-hydrogen) atoms. The van der Waals surface area contributed by atoms with Gasteiger partial charge < -0.3 is 10.2 Å². The van der Waals surface area contributed by atoms with E-state index in [1.54, 1.807) is 0 Å². The average molecular weight is 234 g/mol. The largest absolute Gasteiger partial charge is 0.313 e. The van der Waals surface area contributed by atoms with Gasteiger partial charge in [0.2, 0.25) is 0 Å². The Balaban J connectivity index is 2.52. The Morgan fingerprint density at radius 2 is 1.94 bits per heavy atom. The molecule has 1 aromatic rings. The van der Waals surface area contributed by atoms with Gasteiger partial charge in [0.15, 0.2) is 0 Å². The normalized spacial score (nSPS) is 11.4. The molecule has 0 aliphatic heterocycles. The van der Waals surface area contributed by atoms with E-state index in [1.807, 2.05) is 0 Å². The van der Waals surface area contributed by atoms with Crippen molar-refractivity contribution in [2.75, 3.05) is 20.1 Å². The monoisotopic (exact) mass is 234 g/mol. The molecule has 0 unspecified atom stereocenters. The van der Waals surface area contributed by atoms with E-state index in [1.165, 1.54) is 11.1 Å². The van der Waals surface area contributed by atoms with E-state index in [-0.39, 0.29) is 0 Å². The summed E-state index contributed by atoms with van der Waals surface area (Å²) in [4.78, 5) is 2.39. The van der Waals surface area contributed by atoms with Gasteiger partial charge in [0.05, 0.1) is 0 Å². The molecule has 0 heterocycles. The molecule has 0 spiro atoms. The highest BCUT2D eigenvalue weighted by molar-refractivity contribution is 5.23. The van der Waals surface area contributed by atoms with Gasteiger partial charge in [-0.25, -0.2) is 0 Å². The first kappa shape index (κ1) is 14.2. The Labute approximate surface area is 106 Å². The zero-order valence-corrected chi connectivity index (χ0v) is 11.7. The van der Waals surface area contributed by atoms with Crippen LogP contribution in [0, 0.1) is 5.92 Å². The molecule has 0 saturated carbocycles. The third-order valence-corrected chi connectivity index (χ3v) is 2.70. The molecule has 0 atom stereocenters. The van der Waals surface area contributed by atoms with E-state index in [0.29, 0.717) is 0 Å². The molecule has 0 aliphatic rings. The maximum atomic E-state index is 3.36. The Kier molecular flexibility index (Phi) is 6.23. The summed E-state index contributed by atoms with van der Waals surface area (Å²) in [5.41, 5.74) is 2.78. The molecule has 0 amide bonds. The summed E-state index contributed by atoms with van der Waals surface area (Å²) in [5.74, 6) is 0.727. The van der Waals surface area contributed by atoms with Crippen LogP contribution in [0.15, 0.2) is 24.3 Å². The Bertz CT molecular complexity index is 320. The Morgan fingerprint density at radius 3 is 2.59 bits per heavy atom. The summed E-state index contributed by atoms with van der Waals surface area (Å²) < 4.78 is 0. The molecule has 1 N–H and O–H groups in total. The standard InChI is InChI=1S/C15H26N2/c1-5-16-10-14-7-6-8-15(9-14)12-17(4)11-13(2)3/h6-9,13,16H,5,10-12H2,1-4H3. The predicted octanol–water partition coefficient (Wildman–Crippen LogP) is 2.88. The minimum absolute atomic E-state index is 0.727. The van der Waals surface area contributed by atoms with Crippen LogP contribution in [0.25, 0.3) is 0 Å². The van der Waals surface area contributed by atoms with Gasteiger partial charge in [0.25, 0.3) is 0 Å². The van der Waals surface area contributed by atoms with Gasteiger partial charge in [-0.3, -0.25) is 0 Å². The van der Waals surface area contributed by atoms with Crippen LogP contribution in [0.2, 0.25) is 0 Å². The number of nitrogens with zero attached hydrogens (tertiary/aromatic N) is 1. The molecule has 0 fully saturated rings. The molecule has 96 valence electrons. The van der Waals surface area contributed by atoms with Crippen molar-refractivity contribution in [3.63, 3.8) is 0 Å². The van der Waals surface area contributed by atoms with Gasteiger partial charge in [0.1, 0.15) is 0 Å². The van der Waals surface area contributed by atoms with Crippen molar-refractivity contribution in [3.05, 3.63) is 35.4 Å². The lowest BCUT2D eigenvalue weighted by Gasteiger charge is -2.19. The minimum Gasteiger partial charge on any atom is -0.313 e. The van der Waals surface area contributed by atoms with E-state index in [0.717, 1.165) is 32.1 Å². The average Bonchev–Trinajstić information content (AvgIpc) is 2.25. The first-order valence-corrected chi connectivity index (χ1v) is 6.59. The summed E-state index contributed by atoms with van der Waals surface area (Å²) in [6.07, 6.45) is 0. The van der Waals surface area contributed by atoms with E-state index in [9.17, 15) is 0 Å². The Hall–Kier alpha value is -0.860. The molecular weight excluding hydrogens is 208 g/mol. The molecule has 0 aromatic heterocycles. The molecule has 0 aliphatic carbocycles. The molecule has 2 nitrogen and oxygen atoms in total. The van der Waals surface area contributed by atoms with Crippen LogP contribution in [0.1, 0.15) is 31.9 Å². The fourth-order valence-corrected chi connectivity index (χ4v) is 2.11. The molecular formula is C15H26N2. The fraction of sp³-hybridized carbons (Fsp3) is 0.600. The first-order valence-electron chi connectivity index (χ1n) is 6.59. The maximum Gasteiger partial charge on any atom is 0.0230 e. The van der Waals surface area contributed by atoms with Crippen LogP contribution < -0.4 is 5.32 Å². The van der Waals surface area contributed by atoms with Crippen molar-refractivity contribution >= 4 is 0 Å². The summed E-state index contributed by atoms with van der Waals surface area (Å²) in [6.45, 7) is 10.8. The topological polar surface area (TPSA) is 15.3 Å². The zero-order valence-electron chi connectivity index (χ0n) is 11.7. The molecule has 0 saturated heterocycles. The fourth-order valence-electron chi connectivity index (χ4n) is 2.11. The number of nitrogens with one attached hydrogen (secondary N) is 1. The molecule has 1 aromatic carbocycles. The third-order valence-electron chi connectivity index (χ3n) is 2.70. The van der Waals surface area contributed by atoms with Crippen molar-refractivity contribution in [1.29, 1.82) is 0 Å². The number of rotatable bonds is 7. The lowest BCUT2D eigenvalue weighted by Crippen LogP contribution is -2.22. The van der Waals surface area contributed by atoms with Gasteiger partial charge >= 0.3 is 0 Å². The van der Waals surface area contributed by atoms with Crippen molar-refractivity contribution in [3.8, 4) is 0 Å². The van der Waals surface area contributed by atoms with E-state index >= 15 is 0 Å². The van der Waals surface area contributed by atoms with Crippen LogP contribution in [0.4, 0.5) is 0 Å². The lowest BCUT2D eigenvalue weighted by atomic mass is 10.1. The van der Waals surface area contributed by atoms with Crippen LogP contribution in [0.3, 0.4) is 0 Å². The van der Waals surface area contributed by atoms with E-state index in [4.69, 9.17) is 0 Å². The van der Waals surface area contributed by atoms with Gasteiger partial charge in [-0.15, -0.1) is 0 Å². The van der Waals surface area contributed by atoms with E-state index in [2.05, 4.69) is 62.3 Å². The van der Waals surface area contributed by atoms with Crippen molar-refractivity contribution in [1.82, 2.24) is 10.2 Å². The SMILES string of the molecule is CCNCc1cccc(CN(C)CC(C)C)c1. The minimum atomic E-state index is 0.727. The lowest BCUT2D eigenvalue weighted by molar-refractivity contribution is 0.288. The molecule has 2 heteroatoms.